The van der Waals surface area contributed by atoms with Crippen molar-refractivity contribution in [3.63, 3.8) is 0 Å². The maximum absolute atomic E-state index is 10.8. The van der Waals surface area contributed by atoms with Gasteiger partial charge in [-0.25, -0.2) is 0 Å². The highest BCUT2D eigenvalue weighted by molar-refractivity contribution is 5.73. The van der Waals surface area contributed by atoms with Gasteiger partial charge in [0.05, 0.1) is 12.1 Å². The second-order valence-electron chi connectivity index (χ2n) is 4.97. The summed E-state index contributed by atoms with van der Waals surface area (Å²) in [6.07, 6.45) is 9.15. The van der Waals surface area contributed by atoms with Gasteiger partial charge in [0, 0.05) is 6.92 Å². The number of rotatable bonds is 10. The lowest BCUT2D eigenvalue weighted by Gasteiger charge is -2.19. The van der Waals surface area contributed by atoms with E-state index in [2.05, 4.69) is 12.2 Å². The van der Waals surface area contributed by atoms with E-state index in [1.54, 1.807) is 0 Å². The van der Waals surface area contributed by atoms with E-state index in [0.29, 0.717) is 0 Å². The largest absolute Gasteiger partial charge is 0.391 e. The van der Waals surface area contributed by atoms with Crippen molar-refractivity contribution in [2.45, 2.75) is 84.3 Å². The Morgan fingerprint density at radius 1 is 1.12 bits per heavy atom. The quantitative estimate of drug-likeness (QED) is 0.579. The molecule has 0 aliphatic heterocycles. The van der Waals surface area contributed by atoms with Crippen LogP contribution in [0.3, 0.4) is 0 Å². The number of nitrogens with one attached hydrogen (secondary N) is 1. The highest BCUT2D eigenvalue weighted by Crippen LogP contribution is 2.11. The number of carbonyl (C=O) groups excluding carboxylic acids is 1. The Morgan fingerprint density at radius 3 is 2.18 bits per heavy atom. The first-order chi connectivity index (χ1) is 8.07. The molecule has 0 aliphatic carbocycles. The zero-order valence-corrected chi connectivity index (χ0v) is 11.7. The minimum Gasteiger partial charge on any atom is -0.391 e. The summed E-state index contributed by atoms with van der Waals surface area (Å²) in [5.74, 6) is -0.0730. The summed E-state index contributed by atoms with van der Waals surface area (Å²) >= 11 is 0. The van der Waals surface area contributed by atoms with Crippen LogP contribution >= 0.6 is 0 Å². The van der Waals surface area contributed by atoms with E-state index in [-0.39, 0.29) is 11.9 Å². The fourth-order valence-corrected chi connectivity index (χ4v) is 1.98. The zero-order valence-electron chi connectivity index (χ0n) is 11.7. The van der Waals surface area contributed by atoms with Crippen molar-refractivity contribution < 1.29 is 9.90 Å². The van der Waals surface area contributed by atoms with Gasteiger partial charge in [-0.1, -0.05) is 51.9 Å². The topological polar surface area (TPSA) is 49.3 Å². The maximum atomic E-state index is 10.8. The van der Waals surface area contributed by atoms with Gasteiger partial charge in [-0.3, -0.25) is 4.79 Å². The summed E-state index contributed by atoms with van der Waals surface area (Å²) in [7, 11) is 0. The van der Waals surface area contributed by atoms with Crippen LogP contribution in [0.25, 0.3) is 0 Å². The predicted octanol–water partition coefficient (Wildman–Crippen LogP) is 3.01. The summed E-state index contributed by atoms with van der Waals surface area (Å²) in [5.41, 5.74) is 0. The van der Waals surface area contributed by atoms with Crippen molar-refractivity contribution in [3.05, 3.63) is 0 Å². The van der Waals surface area contributed by atoms with Crippen LogP contribution in [-0.4, -0.2) is 23.2 Å². The van der Waals surface area contributed by atoms with E-state index in [4.69, 9.17) is 0 Å². The van der Waals surface area contributed by atoms with Gasteiger partial charge in [-0.15, -0.1) is 0 Å². The number of aliphatic hydroxyl groups is 1. The Kier molecular flexibility index (Phi) is 10.2. The molecule has 3 nitrogen and oxygen atoms in total. The molecule has 0 aliphatic rings. The third-order valence-corrected chi connectivity index (χ3v) is 3.11. The summed E-state index contributed by atoms with van der Waals surface area (Å²) in [5, 5.41) is 12.5. The van der Waals surface area contributed by atoms with E-state index in [0.717, 1.165) is 12.8 Å². The van der Waals surface area contributed by atoms with Gasteiger partial charge < -0.3 is 10.4 Å². The lowest BCUT2D eigenvalue weighted by Crippen LogP contribution is -2.39. The Hall–Kier alpha value is -0.570. The number of amides is 1. The molecule has 0 saturated heterocycles. The van der Waals surface area contributed by atoms with E-state index in [9.17, 15) is 9.90 Å². The Bertz CT molecular complexity index is 195. The number of unbranched alkanes of at least 4 members (excludes halogenated alkanes) is 6. The van der Waals surface area contributed by atoms with E-state index >= 15 is 0 Å². The normalized spacial score (nSPS) is 14.4. The summed E-state index contributed by atoms with van der Waals surface area (Å²) in [4.78, 5) is 10.8. The first-order valence-corrected chi connectivity index (χ1v) is 7.03. The highest BCUT2D eigenvalue weighted by atomic mass is 16.3. The average Bonchev–Trinajstić information content (AvgIpc) is 2.26. The average molecular weight is 243 g/mol. The smallest absolute Gasteiger partial charge is 0.217 e. The summed E-state index contributed by atoms with van der Waals surface area (Å²) < 4.78 is 0. The second kappa shape index (κ2) is 10.6. The first kappa shape index (κ1) is 16.4. The van der Waals surface area contributed by atoms with Gasteiger partial charge in [0.1, 0.15) is 0 Å². The Morgan fingerprint density at radius 2 is 1.65 bits per heavy atom. The molecule has 102 valence electrons. The molecular formula is C14H29NO2. The molecule has 0 radical (unpaired) electrons. The van der Waals surface area contributed by atoms with Crippen molar-refractivity contribution in [2.75, 3.05) is 0 Å². The van der Waals surface area contributed by atoms with Crippen molar-refractivity contribution in [3.8, 4) is 0 Å². The van der Waals surface area contributed by atoms with Gasteiger partial charge in [-0.05, 0) is 13.3 Å². The van der Waals surface area contributed by atoms with Crippen molar-refractivity contribution in [2.24, 2.45) is 0 Å². The fraction of sp³-hybridized carbons (Fsp3) is 0.929. The SMILES string of the molecule is CCCCCCCCC[C@@H](O)[C@H](C)NC(C)=O. The van der Waals surface area contributed by atoms with Crippen LogP contribution < -0.4 is 5.32 Å². The van der Waals surface area contributed by atoms with Gasteiger partial charge in [0.2, 0.25) is 5.91 Å². The molecule has 0 fully saturated rings. The minimum absolute atomic E-state index is 0.0730. The molecule has 0 aromatic rings. The Labute approximate surface area is 106 Å². The molecule has 17 heavy (non-hydrogen) atoms. The third-order valence-electron chi connectivity index (χ3n) is 3.11. The molecule has 3 heteroatoms. The molecular weight excluding hydrogens is 214 g/mol. The van der Waals surface area contributed by atoms with Crippen LogP contribution in [0, 0.1) is 0 Å². The molecule has 0 aromatic carbocycles. The molecule has 0 heterocycles. The van der Waals surface area contributed by atoms with Crippen LogP contribution in [0.1, 0.15) is 72.1 Å². The Balaban J connectivity index is 3.38. The van der Waals surface area contributed by atoms with Crippen molar-refractivity contribution in [1.29, 1.82) is 0 Å². The van der Waals surface area contributed by atoms with Gasteiger partial charge in [0.15, 0.2) is 0 Å². The van der Waals surface area contributed by atoms with Crippen LogP contribution in [-0.2, 0) is 4.79 Å². The van der Waals surface area contributed by atoms with Crippen LogP contribution in [0.2, 0.25) is 0 Å². The van der Waals surface area contributed by atoms with Crippen LogP contribution in [0.4, 0.5) is 0 Å². The molecule has 0 rings (SSSR count). The molecule has 0 bridgehead atoms. The second-order valence-corrected chi connectivity index (χ2v) is 4.97. The van der Waals surface area contributed by atoms with Crippen molar-refractivity contribution in [1.82, 2.24) is 5.32 Å². The van der Waals surface area contributed by atoms with Crippen LogP contribution in [0.5, 0.6) is 0 Å². The lowest BCUT2D eigenvalue weighted by atomic mass is 10.0. The monoisotopic (exact) mass is 243 g/mol. The number of hydrogen-bond acceptors (Lipinski definition) is 2. The molecule has 0 spiro atoms. The number of hydrogen-bond donors (Lipinski definition) is 2. The molecule has 0 saturated carbocycles. The maximum Gasteiger partial charge on any atom is 0.217 e. The highest BCUT2D eigenvalue weighted by Gasteiger charge is 2.13. The van der Waals surface area contributed by atoms with Gasteiger partial charge in [-0.2, -0.15) is 0 Å². The molecule has 0 unspecified atom stereocenters. The molecule has 2 atom stereocenters. The van der Waals surface area contributed by atoms with Gasteiger partial charge in [0.25, 0.3) is 0 Å². The van der Waals surface area contributed by atoms with Crippen molar-refractivity contribution >= 4 is 5.91 Å². The molecule has 2 N–H and O–H groups in total. The molecule has 1 amide bonds. The summed E-state index contributed by atoms with van der Waals surface area (Å²) in [6.45, 7) is 5.56. The lowest BCUT2D eigenvalue weighted by molar-refractivity contribution is -0.120. The number of aliphatic hydroxyl groups excluding tert-OH is 1. The zero-order chi connectivity index (χ0) is 13.1. The fourth-order valence-electron chi connectivity index (χ4n) is 1.98. The first-order valence-electron chi connectivity index (χ1n) is 7.03. The molecule has 0 aromatic heterocycles. The van der Waals surface area contributed by atoms with E-state index in [1.807, 2.05) is 6.92 Å². The van der Waals surface area contributed by atoms with Gasteiger partial charge >= 0.3 is 0 Å². The third kappa shape index (κ3) is 10.3. The summed E-state index contributed by atoms with van der Waals surface area (Å²) in [6, 6.07) is -0.132. The van der Waals surface area contributed by atoms with E-state index in [1.165, 1.54) is 45.4 Å². The standard InChI is InChI=1S/C14H29NO2/c1-4-5-6-7-8-9-10-11-14(17)12(2)15-13(3)16/h12,14,17H,4-11H2,1-3H3,(H,15,16)/t12-,14+/m0/s1. The predicted molar refractivity (Wildman–Crippen MR) is 71.9 cm³/mol. The minimum atomic E-state index is -0.408. The van der Waals surface area contributed by atoms with E-state index < -0.39 is 6.10 Å². The number of carbonyl (C=O) groups is 1. The van der Waals surface area contributed by atoms with Crippen LogP contribution in [0.15, 0.2) is 0 Å².